The molecule has 0 aliphatic rings. The van der Waals surface area contributed by atoms with Gasteiger partial charge in [-0.3, -0.25) is 0 Å². The molecule has 0 aliphatic heterocycles. The van der Waals surface area contributed by atoms with E-state index in [0.29, 0.717) is 11.5 Å². The number of para-hydroxylation sites is 1. The Morgan fingerprint density at radius 1 is 1.03 bits per heavy atom. The van der Waals surface area contributed by atoms with E-state index in [1.54, 1.807) is 31.9 Å². The van der Waals surface area contributed by atoms with Crippen molar-refractivity contribution in [1.82, 2.24) is 15.0 Å². The molecule has 0 saturated heterocycles. The summed E-state index contributed by atoms with van der Waals surface area (Å²) in [6, 6.07) is 14.3. The van der Waals surface area contributed by atoms with Crippen LogP contribution in [0.4, 0.5) is 5.82 Å². The summed E-state index contributed by atoms with van der Waals surface area (Å²) in [5.74, 6) is 2.25. The standard InChI is InChI=1S/C24H22N4O2S/c1-29-20-8-7-15(11-21(20)30-2)18-13-31-24-22(18)23(27-14-28-24)25-10-9-16-12-26-19-6-4-3-5-17(16)19/h3-8,11-14,26H,9-10H2,1-2H3,(H,25,27,28). The van der Waals surface area contributed by atoms with E-state index >= 15 is 0 Å². The molecule has 5 aromatic rings. The minimum atomic E-state index is 0.699. The Bertz CT molecular complexity index is 1360. The molecule has 0 amide bonds. The molecule has 0 radical (unpaired) electrons. The maximum Gasteiger partial charge on any atom is 0.161 e. The number of anilines is 1. The lowest BCUT2D eigenvalue weighted by Gasteiger charge is -2.11. The van der Waals surface area contributed by atoms with Crippen LogP contribution in [0.2, 0.25) is 0 Å². The number of aromatic nitrogens is 3. The molecule has 5 rings (SSSR count). The van der Waals surface area contributed by atoms with E-state index in [2.05, 4.69) is 50.0 Å². The van der Waals surface area contributed by atoms with Crippen LogP contribution in [0.3, 0.4) is 0 Å². The van der Waals surface area contributed by atoms with Crippen LogP contribution in [-0.2, 0) is 6.42 Å². The van der Waals surface area contributed by atoms with Gasteiger partial charge in [0.05, 0.1) is 19.6 Å². The van der Waals surface area contributed by atoms with Crippen molar-refractivity contribution in [3.63, 3.8) is 0 Å². The third-order valence-corrected chi connectivity index (χ3v) is 6.31. The number of nitrogens with one attached hydrogen (secondary N) is 2. The number of nitrogens with zero attached hydrogens (tertiary/aromatic N) is 2. The number of hydrogen-bond acceptors (Lipinski definition) is 6. The van der Waals surface area contributed by atoms with Crippen LogP contribution in [0.25, 0.3) is 32.2 Å². The zero-order chi connectivity index (χ0) is 21.2. The monoisotopic (exact) mass is 430 g/mol. The fourth-order valence-corrected chi connectivity index (χ4v) is 4.80. The number of aromatic amines is 1. The molecule has 0 unspecified atom stereocenters. The van der Waals surface area contributed by atoms with Crippen molar-refractivity contribution in [2.75, 3.05) is 26.1 Å². The van der Waals surface area contributed by atoms with Crippen LogP contribution in [0, 0.1) is 0 Å². The molecule has 3 aromatic heterocycles. The summed E-state index contributed by atoms with van der Waals surface area (Å²) < 4.78 is 10.9. The first-order chi connectivity index (χ1) is 15.3. The molecule has 156 valence electrons. The number of rotatable bonds is 7. The second-order valence-corrected chi connectivity index (χ2v) is 8.02. The molecule has 0 bridgehead atoms. The van der Waals surface area contributed by atoms with Crippen molar-refractivity contribution < 1.29 is 9.47 Å². The third-order valence-electron chi connectivity index (χ3n) is 5.43. The Kier molecular flexibility index (Phi) is 5.18. The number of ether oxygens (including phenoxy) is 2. The van der Waals surface area contributed by atoms with Gasteiger partial charge in [0.1, 0.15) is 17.0 Å². The molecule has 6 nitrogen and oxygen atoms in total. The van der Waals surface area contributed by atoms with Crippen LogP contribution in [0.1, 0.15) is 5.56 Å². The van der Waals surface area contributed by atoms with Crippen molar-refractivity contribution in [1.29, 1.82) is 0 Å². The Balaban J connectivity index is 1.44. The quantitative estimate of drug-likeness (QED) is 0.356. The molecular weight excluding hydrogens is 408 g/mol. The summed E-state index contributed by atoms with van der Waals surface area (Å²) in [5.41, 5.74) is 4.57. The smallest absolute Gasteiger partial charge is 0.161 e. The molecule has 2 aromatic carbocycles. The van der Waals surface area contributed by atoms with Gasteiger partial charge in [-0.1, -0.05) is 24.3 Å². The van der Waals surface area contributed by atoms with Crippen LogP contribution in [-0.4, -0.2) is 35.7 Å². The highest BCUT2D eigenvalue weighted by Gasteiger charge is 2.15. The van der Waals surface area contributed by atoms with E-state index in [4.69, 9.17) is 9.47 Å². The van der Waals surface area contributed by atoms with Gasteiger partial charge in [-0.15, -0.1) is 11.3 Å². The molecule has 2 N–H and O–H groups in total. The summed E-state index contributed by atoms with van der Waals surface area (Å²) in [6.45, 7) is 0.773. The number of benzene rings is 2. The number of thiophene rings is 1. The summed E-state index contributed by atoms with van der Waals surface area (Å²) in [4.78, 5) is 13.3. The largest absolute Gasteiger partial charge is 0.493 e. The summed E-state index contributed by atoms with van der Waals surface area (Å²) in [7, 11) is 3.29. The number of H-pyrrole nitrogens is 1. The average molecular weight is 431 g/mol. The van der Waals surface area contributed by atoms with Crippen molar-refractivity contribution in [3.8, 4) is 22.6 Å². The van der Waals surface area contributed by atoms with Gasteiger partial charge in [0.15, 0.2) is 11.5 Å². The lowest BCUT2D eigenvalue weighted by atomic mass is 10.1. The Morgan fingerprint density at radius 2 is 1.90 bits per heavy atom. The van der Waals surface area contributed by atoms with Crippen LogP contribution in [0.5, 0.6) is 11.5 Å². The van der Waals surface area contributed by atoms with E-state index in [1.165, 1.54) is 10.9 Å². The van der Waals surface area contributed by atoms with Gasteiger partial charge >= 0.3 is 0 Å². The molecule has 31 heavy (non-hydrogen) atoms. The third kappa shape index (κ3) is 3.57. The molecule has 0 aliphatic carbocycles. The van der Waals surface area contributed by atoms with Gasteiger partial charge in [0.25, 0.3) is 0 Å². The Morgan fingerprint density at radius 3 is 2.77 bits per heavy atom. The first kappa shape index (κ1) is 19.4. The molecule has 7 heteroatoms. The fraction of sp³-hybridized carbons (Fsp3) is 0.167. The normalized spacial score (nSPS) is 11.2. The van der Waals surface area contributed by atoms with Gasteiger partial charge in [0.2, 0.25) is 0 Å². The second kappa shape index (κ2) is 8.28. The minimum absolute atomic E-state index is 0.699. The Hall–Kier alpha value is -3.58. The van der Waals surface area contributed by atoms with E-state index in [9.17, 15) is 0 Å². The second-order valence-electron chi connectivity index (χ2n) is 7.16. The lowest BCUT2D eigenvalue weighted by Crippen LogP contribution is -2.06. The van der Waals surface area contributed by atoms with Crippen molar-refractivity contribution in [2.24, 2.45) is 0 Å². The summed E-state index contributed by atoms with van der Waals surface area (Å²) >= 11 is 1.61. The van der Waals surface area contributed by atoms with Crippen LogP contribution < -0.4 is 14.8 Å². The zero-order valence-electron chi connectivity index (χ0n) is 17.3. The number of fused-ring (bicyclic) bond motifs is 2. The van der Waals surface area contributed by atoms with Crippen molar-refractivity contribution in [2.45, 2.75) is 6.42 Å². The number of hydrogen-bond donors (Lipinski definition) is 2. The van der Waals surface area contributed by atoms with Crippen molar-refractivity contribution in [3.05, 3.63) is 65.9 Å². The highest BCUT2D eigenvalue weighted by Crippen LogP contribution is 2.39. The van der Waals surface area contributed by atoms with Gasteiger partial charge in [0, 0.05) is 34.6 Å². The van der Waals surface area contributed by atoms with Crippen molar-refractivity contribution >= 4 is 38.3 Å². The van der Waals surface area contributed by atoms with Crippen LogP contribution >= 0.6 is 11.3 Å². The molecule has 0 fully saturated rings. The maximum atomic E-state index is 5.49. The van der Waals surface area contributed by atoms with Crippen LogP contribution in [0.15, 0.2) is 60.4 Å². The molecular formula is C24H22N4O2S. The summed E-state index contributed by atoms with van der Waals surface area (Å²) in [6.07, 6.45) is 4.60. The van der Waals surface area contributed by atoms with Gasteiger partial charge < -0.3 is 19.8 Å². The SMILES string of the molecule is COc1ccc(-c2csc3ncnc(NCCc4c[nH]c5ccccc45)c23)cc1OC. The lowest BCUT2D eigenvalue weighted by molar-refractivity contribution is 0.355. The average Bonchev–Trinajstić information content (AvgIpc) is 3.44. The van der Waals surface area contributed by atoms with E-state index in [1.807, 2.05) is 24.3 Å². The fourth-order valence-electron chi connectivity index (χ4n) is 3.88. The predicted octanol–water partition coefficient (Wildman–Crippen LogP) is 5.51. The molecule has 3 heterocycles. The number of methoxy groups -OCH3 is 2. The van der Waals surface area contributed by atoms with E-state index < -0.39 is 0 Å². The minimum Gasteiger partial charge on any atom is -0.493 e. The molecule has 0 spiro atoms. The Labute approximate surface area is 183 Å². The molecule has 0 atom stereocenters. The van der Waals surface area contributed by atoms with Gasteiger partial charge in [-0.05, 0) is 35.7 Å². The van der Waals surface area contributed by atoms with E-state index in [-0.39, 0.29) is 0 Å². The first-order valence-electron chi connectivity index (χ1n) is 10.0. The highest BCUT2D eigenvalue weighted by molar-refractivity contribution is 7.17. The maximum absolute atomic E-state index is 5.49. The summed E-state index contributed by atoms with van der Waals surface area (Å²) in [5, 5.41) is 7.93. The molecule has 0 saturated carbocycles. The highest BCUT2D eigenvalue weighted by atomic mass is 32.1. The van der Waals surface area contributed by atoms with E-state index in [0.717, 1.165) is 45.6 Å². The first-order valence-corrected chi connectivity index (χ1v) is 10.9. The predicted molar refractivity (Wildman–Crippen MR) is 126 cm³/mol. The van der Waals surface area contributed by atoms with Gasteiger partial charge in [-0.25, -0.2) is 9.97 Å². The van der Waals surface area contributed by atoms with Gasteiger partial charge in [-0.2, -0.15) is 0 Å². The zero-order valence-corrected chi connectivity index (χ0v) is 18.1. The topological polar surface area (TPSA) is 72.1 Å².